The van der Waals surface area contributed by atoms with Crippen LogP contribution in [0.25, 0.3) is 0 Å². The van der Waals surface area contributed by atoms with Crippen LogP contribution < -0.4 is 10.5 Å². The standard InChI is InChI=1S/C14H22ClNO2/c1-10(2)9-17-6-7-18-12-4-5-13(11(3)16)14(15)8-12/h4-5,8,10-11H,6-7,9,16H2,1-3H3. The number of hydrogen-bond donors (Lipinski definition) is 1. The van der Waals surface area contributed by atoms with Gasteiger partial charge in [0.2, 0.25) is 0 Å². The first-order chi connectivity index (χ1) is 8.50. The van der Waals surface area contributed by atoms with Crippen molar-refractivity contribution in [1.29, 1.82) is 0 Å². The summed E-state index contributed by atoms with van der Waals surface area (Å²) >= 11 is 6.11. The lowest BCUT2D eigenvalue weighted by Crippen LogP contribution is -2.10. The van der Waals surface area contributed by atoms with Crippen molar-refractivity contribution >= 4 is 11.6 Å². The Kier molecular flexibility index (Phi) is 6.47. The van der Waals surface area contributed by atoms with Gasteiger partial charge in [0, 0.05) is 17.7 Å². The summed E-state index contributed by atoms with van der Waals surface area (Å²) in [6, 6.07) is 5.51. The molecule has 0 radical (unpaired) electrons. The molecule has 0 saturated heterocycles. The van der Waals surface area contributed by atoms with Gasteiger partial charge in [-0.2, -0.15) is 0 Å². The Bertz CT molecular complexity index is 367. The average molecular weight is 272 g/mol. The van der Waals surface area contributed by atoms with E-state index in [9.17, 15) is 0 Å². The third-order valence-corrected chi connectivity index (χ3v) is 2.74. The fourth-order valence-corrected chi connectivity index (χ4v) is 1.85. The van der Waals surface area contributed by atoms with Crippen LogP contribution in [-0.2, 0) is 4.74 Å². The van der Waals surface area contributed by atoms with Crippen LogP contribution in [-0.4, -0.2) is 19.8 Å². The summed E-state index contributed by atoms with van der Waals surface area (Å²) in [4.78, 5) is 0. The molecule has 1 unspecified atom stereocenters. The Morgan fingerprint density at radius 1 is 1.22 bits per heavy atom. The molecular formula is C14H22ClNO2. The molecule has 0 spiro atoms. The molecule has 0 bridgehead atoms. The molecule has 0 saturated carbocycles. The Morgan fingerprint density at radius 2 is 1.94 bits per heavy atom. The molecule has 0 heterocycles. The van der Waals surface area contributed by atoms with Crippen LogP contribution in [0.5, 0.6) is 5.75 Å². The molecule has 102 valence electrons. The van der Waals surface area contributed by atoms with E-state index in [0.717, 1.165) is 17.9 Å². The summed E-state index contributed by atoms with van der Waals surface area (Å²) in [6.45, 7) is 8.02. The highest BCUT2D eigenvalue weighted by molar-refractivity contribution is 6.31. The van der Waals surface area contributed by atoms with E-state index >= 15 is 0 Å². The Labute approximate surface area is 114 Å². The predicted molar refractivity (Wildman–Crippen MR) is 75.2 cm³/mol. The number of rotatable bonds is 7. The SMILES string of the molecule is CC(C)COCCOc1ccc(C(C)N)c(Cl)c1. The van der Waals surface area contributed by atoms with E-state index in [4.69, 9.17) is 26.8 Å². The van der Waals surface area contributed by atoms with Gasteiger partial charge in [-0.05, 0) is 30.5 Å². The van der Waals surface area contributed by atoms with E-state index in [1.54, 1.807) is 6.07 Å². The second kappa shape index (κ2) is 7.62. The molecule has 0 amide bonds. The van der Waals surface area contributed by atoms with Crippen LogP contribution in [0.15, 0.2) is 18.2 Å². The molecule has 1 aromatic rings. The molecule has 1 atom stereocenters. The fraction of sp³-hybridized carbons (Fsp3) is 0.571. The Balaban J connectivity index is 2.37. The highest BCUT2D eigenvalue weighted by Gasteiger charge is 2.06. The molecule has 1 aromatic carbocycles. The second-order valence-corrected chi connectivity index (χ2v) is 5.20. The largest absolute Gasteiger partial charge is 0.491 e. The van der Waals surface area contributed by atoms with Gasteiger partial charge in [-0.1, -0.05) is 31.5 Å². The van der Waals surface area contributed by atoms with Crippen molar-refractivity contribution in [2.75, 3.05) is 19.8 Å². The molecule has 3 nitrogen and oxygen atoms in total. The lowest BCUT2D eigenvalue weighted by atomic mass is 10.1. The molecule has 0 aliphatic rings. The maximum absolute atomic E-state index is 6.11. The molecule has 4 heteroatoms. The van der Waals surface area contributed by atoms with Crippen molar-refractivity contribution in [3.8, 4) is 5.75 Å². The van der Waals surface area contributed by atoms with Gasteiger partial charge in [0.1, 0.15) is 12.4 Å². The van der Waals surface area contributed by atoms with Crippen molar-refractivity contribution in [2.24, 2.45) is 11.7 Å². The lowest BCUT2D eigenvalue weighted by Gasteiger charge is -2.12. The third-order valence-electron chi connectivity index (χ3n) is 2.41. The van der Waals surface area contributed by atoms with Crippen molar-refractivity contribution < 1.29 is 9.47 Å². The molecular weight excluding hydrogens is 250 g/mol. The fourth-order valence-electron chi connectivity index (χ4n) is 1.50. The zero-order valence-corrected chi connectivity index (χ0v) is 12.0. The predicted octanol–water partition coefficient (Wildman–Crippen LogP) is 3.41. The van der Waals surface area contributed by atoms with Crippen LogP contribution >= 0.6 is 11.6 Å². The van der Waals surface area contributed by atoms with Gasteiger partial charge >= 0.3 is 0 Å². The minimum atomic E-state index is -0.0686. The molecule has 0 fully saturated rings. The number of halogens is 1. The first-order valence-corrected chi connectivity index (χ1v) is 6.64. The van der Waals surface area contributed by atoms with Gasteiger partial charge in [0.05, 0.1) is 6.61 Å². The smallest absolute Gasteiger partial charge is 0.120 e. The maximum Gasteiger partial charge on any atom is 0.120 e. The van der Waals surface area contributed by atoms with Crippen LogP contribution in [0.1, 0.15) is 32.4 Å². The van der Waals surface area contributed by atoms with E-state index in [1.165, 1.54) is 0 Å². The van der Waals surface area contributed by atoms with Gasteiger partial charge in [0.25, 0.3) is 0 Å². The van der Waals surface area contributed by atoms with E-state index in [1.807, 2.05) is 19.1 Å². The molecule has 2 N–H and O–H groups in total. The van der Waals surface area contributed by atoms with Crippen LogP contribution in [0, 0.1) is 5.92 Å². The van der Waals surface area contributed by atoms with Crippen molar-refractivity contribution in [3.05, 3.63) is 28.8 Å². The number of benzene rings is 1. The molecule has 0 aliphatic carbocycles. The zero-order valence-electron chi connectivity index (χ0n) is 11.3. The summed E-state index contributed by atoms with van der Waals surface area (Å²) in [5.41, 5.74) is 6.72. The van der Waals surface area contributed by atoms with Gasteiger partial charge < -0.3 is 15.2 Å². The van der Waals surface area contributed by atoms with Crippen molar-refractivity contribution in [2.45, 2.75) is 26.8 Å². The van der Waals surface area contributed by atoms with E-state index in [2.05, 4.69) is 13.8 Å². The van der Waals surface area contributed by atoms with Crippen LogP contribution in [0.4, 0.5) is 0 Å². The van der Waals surface area contributed by atoms with Crippen molar-refractivity contribution in [3.63, 3.8) is 0 Å². The van der Waals surface area contributed by atoms with Gasteiger partial charge in [0.15, 0.2) is 0 Å². The second-order valence-electron chi connectivity index (χ2n) is 4.79. The third kappa shape index (κ3) is 5.25. The van der Waals surface area contributed by atoms with Gasteiger partial charge in [-0.3, -0.25) is 0 Å². The Morgan fingerprint density at radius 3 is 2.50 bits per heavy atom. The summed E-state index contributed by atoms with van der Waals surface area (Å²) in [5, 5.41) is 0.644. The quantitative estimate of drug-likeness (QED) is 0.773. The summed E-state index contributed by atoms with van der Waals surface area (Å²) in [7, 11) is 0. The number of ether oxygens (including phenoxy) is 2. The summed E-state index contributed by atoms with van der Waals surface area (Å²) in [6.07, 6.45) is 0. The van der Waals surface area contributed by atoms with Gasteiger partial charge in [-0.15, -0.1) is 0 Å². The van der Waals surface area contributed by atoms with Crippen LogP contribution in [0.3, 0.4) is 0 Å². The van der Waals surface area contributed by atoms with Gasteiger partial charge in [-0.25, -0.2) is 0 Å². The maximum atomic E-state index is 6.11. The highest BCUT2D eigenvalue weighted by atomic mass is 35.5. The first-order valence-electron chi connectivity index (χ1n) is 6.26. The Hall–Kier alpha value is -0.770. The first kappa shape index (κ1) is 15.3. The van der Waals surface area contributed by atoms with Crippen LogP contribution in [0.2, 0.25) is 5.02 Å². The minimum absolute atomic E-state index is 0.0686. The topological polar surface area (TPSA) is 44.5 Å². The number of hydrogen-bond acceptors (Lipinski definition) is 3. The molecule has 18 heavy (non-hydrogen) atoms. The summed E-state index contributed by atoms with van der Waals surface area (Å²) in [5.74, 6) is 1.29. The van der Waals surface area contributed by atoms with E-state index in [0.29, 0.717) is 24.2 Å². The van der Waals surface area contributed by atoms with E-state index < -0.39 is 0 Å². The monoisotopic (exact) mass is 271 g/mol. The normalized spacial score (nSPS) is 12.8. The molecule has 1 rings (SSSR count). The summed E-state index contributed by atoms with van der Waals surface area (Å²) < 4.78 is 11.0. The molecule has 0 aliphatic heterocycles. The highest BCUT2D eigenvalue weighted by Crippen LogP contribution is 2.26. The minimum Gasteiger partial charge on any atom is -0.491 e. The van der Waals surface area contributed by atoms with E-state index in [-0.39, 0.29) is 6.04 Å². The lowest BCUT2D eigenvalue weighted by molar-refractivity contribution is 0.0819. The zero-order chi connectivity index (χ0) is 13.5. The average Bonchev–Trinajstić information content (AvgIpc) is 2.27. The van der Waals surface area contributed by atoms with Crippen molar-refractivity contribution in [1.82, 2.24) is 0 Å². The molecule has 0 aromatic heterocycles. The number of nitrogens with two attached hydrogens (primary N) is 1.